The molecule has 0 heterocycles. The zero-order chi connectivity index (χ0) is 11.6. The molecule has 0 aliphatic carbocycles. The summed E-state index contributed by atoms with van der Waals surface area (Å²) in [6.45, 7) is 0. The van der Waals surface area contributed by atoms with Gasteiger partial charge in [0.05, 0.1) is 7.11 Å². The summed E-state index contributed by atoms with van der Waals surface area (Å²) in [7, 11) is 1.13. The van der Waals surface area contributed by atoms with Crippen LogP contribution in [0, 0.1) is 5.82 Å². The van der Waals surface area contributed by atoms with Gasteiger partial charge in [0.15, 0.2) is 17.7 Å². The minimum absolute atomic E-state index is 0.337. The van der Waals surface area contributed by atoms with Gasteiger partial charge in [0.1, 0.15) is 0 Å². The van der Waals surface area contributed by atoms with Gasteiger partial charge in [-0.1, -0.05) is 12.1 Å². The van der Waals surface area contributed by atoms with Crippen LogP contribution in [0.15, 0.2) is 18.2 Å². The highest BCUT2D eigenvalue weighted by molar-refractivity contribution is 5.32. The van der Waals surface area contributed by atoms with Gasteiger partial charge in [-0.2, -0.15) is 13.2 Å². The molecule has 0 fully saturated rings. The Balaban J connectivity index is 3.15. The van der Waals surface area contributed by atoms with E-state index in [2.05, 4.69) is 4.74 Å². The van der Waals surface area contributed by atoms with Crippen LogP contribution in [-0.2, 0) is 0 Å². The summed E-state index contributed by atoms with van der Waals surface area (Å²) < 4.78 is 54.0. The second-order valence-corrected chi connectivity index (χ2v) is 2.81. The molecule has 6 heteroatoms. The number of hydrogen-bond donors (Lipinski definition) is 1. The van der Waals surface area contributed by atoms with E-state index < -0.39 is 23.7 Å². The van der Waals surface area contributed by atoms with Gasteiger partial charge in [-0.05, 0) is 6.07 Å². The van der Waals surface area contributed by atoms with E-state index in [9.17, 15) is 17.6 Å². The van der Waals surface area contributed by atoms with Crippen molar-refractivity contribution in [3.63, 3.8) is 0 Å². The first kappa shape index (κ1) is 11.8. The predicted molar refractivity (Wildman–Crippen MR) is 44.0 cm³/mol. The maximum atomic E-state index is 13.3. The van der Waals surface area contributed by atoms with Crippen LogP contribution < -0.4 is 4.74 Å². The molecule has 15 heavy (non-hydrogen) atoms. The molecule has 1 aromatic carbocycles. The lowest BCUT2D eigenvalue weighted by molar-refractivity contribution is -0.207. The standard InChI is InChI=1S/C9H8F4O2/c1-15-6-4-2-3-5(7(6)10)8(14)9(11,12)13/h2-4,8,14H,1H3. The third-order valence-corrected chi connectivity index (χ3v) is 1.82. The zero-order valence-electron chi connectivity index (χ0n) is 7.68. The molecular formula is C9H8F4O2. The van der Waals surface area contributed by atoms with E-state index in [-0.39, 0.29) is 5.75 Å². The molecule has 84 valence electrons. The second-order valence-electron chi connectivity index (χ2n) is 2.81. The van der Waals surface area contributed by atoms with E-state index in [4.69, 9.17) is 5.11 Å². The van der Waals surface area contributed by atoms with Crippen molar-refractivity contribution in [3.8, 4) is 5.75 Å². The predicted octanol–water partition coefficient (Wildman–Crippen LogP) is 2.43. The Kier molecular flexibility index (Phi) is 3.18. The molecule has 1 N–H and O–H groups in total. The molecule has 0 aromatic heterocycles. The van der Waals surface area contributed by atoms with Gasteiger partial charge in [-0.25, -0.2) is 4.39 Å². The topological polar surface area (TPSA) is 29.5 Å². The molecule has 0 bridgehead atoms. The molecule has 0 saturated heterocycles. The van der Waals surface area contributed by atoms with Crippen molar-refractivity contribution in [2.45, 2.75) is 12.3 Å². The smallest absolute Gasteiger partial charge is 0.418 e. The molecule has 1 unspecified atom stereocenters. The van der Waals surface area contributed by atoms with Gasteiger partial charge in [-0.3, -0.25) is 0 Å². The highest BCUT2D eigenvalue weighted by Crippen LogP contribution is 2.35. The lowest BCUT2D eigenvalue weighted by Crippen LogP contribution is -2.21. The highest BCUT2D eigenvalue weighted by Gasteiger charge is 2.41. The van der Waals surface area contributed by atoms with Gasteiger partial charge in [0.25, 0.3) is 0 Å². The second kappa shape index (κ2) is 4.06. The largest absolute Gasteiger partial charge is 0.494 e. The molecule has 0 saturated carbocycles. The maximum absolute atomic E-state index is 13.3. The minimum Gasteiger partial charge on any atom is -0.494 e. The van der Waals surface area contributed by atoms with Crippen LogP contribution in [-0.4, -0.2) is 18.4 Å². The zero-order valence-corrected chi connectivity index (χ0v) is 7.68. The van der Waals surface area contributed by atoms with Crippen LogP contribution in [0.2, 0.25) is 0 Å². The molecule has 0 radical (unpaired) electrons. The lowest BCUT2D eigenvalue weighted by atomic mass is 10.1. The van der Waals surface area contributed by atoms with Crippen LogP contribution in [0.3, 0.4) is 0 Å². The van der Waals surface area contributed by atoms with Crippen LogP contribution in [0.4, 0.5) is 17.6 Å². The summed E-state index contributed by atoms with van der Waals surface area (Å²) in [5, 5.41) is 8.84. The van der Waals surface area contributed by atoms with Gasteiger partial charge >= 0.3 is 6.18 Å². The quantitative estimate of drug-likeness (QED) is 0.782. The number of benzene rings is 1. The first-order chi connectivity index (χ1) is 6.88. The molecule has 1 aromatic rings. The first-order valence-electron chi connectivity index (χ1n) is 3.95. The number of halogens is 4. The highest BCUT2D eigenvalue weighted by atomic mass is 19.4. The summed E-state index contributed by atoms with van der Waals surface area (Å²) in [6.07, 6.45) is -7.74. The molecule has 1 atom stereocenters. The van der Waals surface area contributed by atoms with E-state index >= 15 is 0 Å². The van der Waals surface area contributed by atoms with E-state index in [0.717, 1.165) is 13.2 Å². The molecule has 0 aliphatic heterocycles. The van der Waals surface area contributed by atoms with Crippen molar-refractivity contribution < 1.29 is 27.4 Å². The Bertz CT molecular complexity index is 348. The molecule has 0 amide bonds. The Morgan fingerprint density at radius 1 is 1.33 bits per heavy atom. The van der Waals surface area contributed by atoms with Crippen LogP contribution in [0.1, 0.15) is 11.7 Å². The number of hydrogen-bond acceptors (Lipinski definition) is 2. The number of alkyl halides is 3. The Hall–Kier alpha value is -1.30. The van der Waals surface area contributed by atoms with Gasteiger partial charge < -0.3 is 9.84 Å². The van der Waals surface area contributed by atoms with Gasteiger partial charge in [0, 0.05) is 5.56 Å². The normalized spacial score (nSPS) is 13.7. The van der Waals surface area contributed by atoms with Crippen molar-refractivity contribution in [2.24, 2.45) is 0 Å². The third kappa shape index (κ3) is 2.38. The summed E-state index contributed by atoms with van der Waals surface area (Å²) in [5.41, 5.74) is -0.846. The van der Waals surface area contributed by atoms with Crippen LogP contribution >= 0.6 is 0 Å². The van der Waals surface area contributed by atoms with E-state index in [1.165, 1.54) is 12.1 Å². The summed E-state index contributed by atoms with van der Waals surface area (Å²) in [6, 6.07) is 3.20. The molecule has 2 nitrogen and oxygen atoms in total. The van der Waals surface area contributed by atoms with Gasteiger partial charge in [-0.15, -0.1) is 0 Å². The van der Waals surface area contributed by atoms with Crippen LogP contribution in [0.25, 0.3) is 0 Å². The average molecular weight is 224 g/mol. The lowest BCUT2D eigenvalue weighted by Gasteiger charge is -2.16. The van der Waals surface area contributed by atoms with Crippen molar-refractivity contribution >= 4 is 0 Å². The van der Waals surface area contributed by atoms with Crippen molar-refractivity contribution in [2.75, 3.05) is 7.11 Å². The summed E-state index contributed by atoms with van der Waals surface area (Å²) in [5.74, 6) is -1.54. The Morgan fingerprint density at radius 2 is 1.93 bits per heavy atom. The first-order valence-corrected chi connectivity index (χ1v) is 3.95. The molecule has 1 rings (SSSR count). The Labute approximate surface area is 83.1 Å². The number of rotatable bonds is 2. The van der Waals surface area contributed by atoms with E-state index in [1.807, 2.05) is 0 Å². The number of aliphatic hydroxyl groups is 1. The van der Waals surface area contributed by atoms with E-state index in [1.54, 1.807) is 0 Å². The monoisotopic (exact) mass is 224 g/mol. The number of methoxy groups -OCH3 is 1. The SMILES string of the molecule is COc1cccc(C(O)C(F)(F)F)c1F. The fourth-order valence-electron chi connectivity index (χ4n) is 1.07. The Morgan fingerprint density at radius 3 is 2.40 bits per heavy atom. The minimum atomic E-state index is -4.90. The van der Waals surface area contributed by atoms with Gasteiger partial charge in [0.2, 0.25) is 0 Å². The fraction of sp³-hybridized carbons (Fsp3) is 0.333. The summed E-state index contributed by atoms with van der Waals surface area (Å²) in [4.78, 5) is 0. The molecular weight excluding hydrogens is 216 g/mol. The molecule has 0 spiro atoms. The van der Waals surface area contributed by atoms with Crippen molar-refractivity contribution in [1.82, 2.24) is 0 Å². The molecule has 0 aliphatic rings. The van der Waals surface area contributed by atoms with Crippen LogP contribution in [0.5, 0.6) is 5.75 Å². The number of aliphatic hydroxyl groups excluding tert-OH is 1. The van der Waals surface area contributed by atoms with Crippen molar-refractivity contribution in [1.29, 1.82) is 0 Å². The third-order valence-electron chi connectivity index (χ3n) is 1.82. The number of ether oxygens (including phenoxy) is 1. The van der Waals surface area contributed by atoms with E-state index in [0.29, 0.717) is 0 Å². The maximum Gasteiger partial charge on any atom is 0.418 e. The fourth-order valence-corrected chi connectivity index (χ4v) is 1.07. The van der Waals surface area contributed by atoms with Crippen molar-refractivity contribution in [3.05, 3.63) is 29.6 Å². The summed E-state index contributed by atoms with van der Waals surface area (Å²) >= 11 is 0. The average Bonchev–Trinajstić information content (AvgIpc) is 2.16.